The second-order valence-corrected chi connectivity index (χ2v) is 8.23. The maximum Gasteiger partial charge on any atom is 0.113 e. The van der Waals surface area contributed by atoms with E-state index in [1.54, 1.807) is 7.11 Å². The fraction of sp³-hybridized carbons (Fsp3) is 0.222. The van der Waals surface area contributed by atoms with Gasteiger partial charge in [0.1, 0.15) is 12.8 Å². The first-order valence-electron chi connectivity index (χ1n) is 11.0. The predicted octanol–water partition coefficient (Wildman–Crippen LogP) is 6.11. The van der Waals surface area contributed by atoms with Crippen LogP contribution in [0.15, 0.2) is 83.7 Å². The van der Waals surface area contributed by atoms with Crippen molar-refractivity contribution in [2.24, 2.45) is 5.16 Å². The Labute approximate surface area is 188 Å². The van der Waals surface area contributed by atoms with E-state index in [4.69, 9.17) is 4.84 Å². The van der Waals surface area contributed by atoms with E-state index in [0.29, 0.717) is 6.54 Å². The van der Waals surface area contributed by atoms with E-state index < -0.39 is 0 Å². The summed E-state index contributed by atoms with van der Waals surface area (Å²) in [6, 6.07) is 23.2. The second kappa shape index (κ2) is 8.79. The van der Waals surface area contributed by atoms with Gasteiger partial charge in [0, 0.05) is 16.7 Å². The predicted molar refractivity (Wildman–Crippen MR) is 129 cm³/mol. The van der Waals surface area contributed by atoms with Crippen molar-refractivity contribution >= 4 is 22.1 Å². The van der Waals surface area contributed by atoms with Crippen LogP contribution >= 0.6 is 0 Å². The van der Waals surface area contributed by atoms with Crippen molar-refractivity contribution in [3.63, 3.8) is 0 Å². The number of rotatable bonds is 5. The lowest BCUT2D eigenvalue weighted by Gasteiger charge is -2.23. The Balaban J connectivity index is 1.68. The molecule has 1 heterocycles. The van der Waals surface area contributed by atoms with Gasteiger partial charge in [0.05, 0.1) is 18.5 Å². The lowest BCUT2D eigenvalue weighted by Crippen LogP contribution is -2.12. The van der Waals surface area contributed by atoms with E-state index in [-0.39, 0.29) is 0 Å². The van der Waals surface area contributed by atoms with Crippen molar-refractivity contribution in [2.75, 3.05) is 7.11 Å². The van der Waals surface area contributed by atoms with Gasteiger partial charge in [0.25, 0.3) is 0 Å². The topological polar surface area (TPSA) is 52.3 Å². The van der Waals surface area contributed by atoms with E-state index in [1.807, 2.05) is 29.1 Å². The molecule has 1 aliphatic rings. The normalized spacial score (nSPS) is 15.5. The van der Waals surface area contributed by atoms with Crippen molar-refractivity contribution in [1.82, 2.24) is 15.0 Å². The highest BCUT2D eigenvalue weighted by Crippen LogP contribution is 2.40. The van der Waals surface area contributed by atoms with Crippen LogP contribution in [-0.4, -0.2) is 27.8 Å². The molecule has 160 valence electrons. The number of hydrogen-bond donors (Lipinski definition) is 0. The van der Waals surface area contributed by atoms with Gasteiger partial charge in [-0.05, 0) is 42.5 Å². The second-order valence-electron chi connectivity index (χ2n) is 8.23. The summed E-state index contributed by atoms with van der Waals surface area (Å²) in [4.78, 5) is 5.23. The molecule has 5 rings (SSSR count). The van der Waals surface area contributed by atoms with Crippen LogP contribution in [-0.2, 0) is 11.4 Å². The molecule has 3 aromatic carbocycles. The maximum absolute atomic E-state index is 5.23. The van der Waals surface area contributed by atoms with Gasteiger partial charge >= 0.3 is 0 Å². The quantitative estimate of drug-likeness (QED) is 0.365. The molecule has 0 bridgehead atoms. The molecule has 0 saturated heterocycles. The van der Waals surface area contributed by atoms with Gasteiger partial charge in [-0.15, -0.1) is 5.10 Å². The minimum atomic E-state index is 0.689. The highest BCUT2D eigenvalue weighted by molar-refractivity contribution is 6.29. The number of hydrogen-bond acceptors (Lipinski definition) is 4. The van der Waals surface area contributed by atoms with Crippen molar-refractivity contribution in [2.45, 2.75) is 32.7 Å². The van der Waals surface area contributed by atoms with Crippen molar-refractivity contribution in [3.8, 4) is 11.3 Å². The molecule has 0 fully saturated rings. The molecule has 5 heteroatoms. The van der Waals surface area contributed by atoms with Gasteiger partial charge in [-0.3, -0.25) is 0 Å². The molecule has 1 aromatic heterocycles. The van der Waals surface area contributed by atoms with Crippen LogP contribution in [0.2, 0.25) is 0 Å². The molecular formula is C27H26N4O. The number of aromatic nitrogens is 3. The summed E-state index contributed by atoms with van der Waals surface area (Å²) in [6.45, 7) is 2.90. The molecule has 0 aliphatic heterocycles. The molecule has 0 unspecified atom stereocenters. The smallest absolute Gasteiger partial charge is 0.113 e. The van der Waals surface area contributed by atoms with Crippen molar-refractivity contribution < 1.29 is 4.84 Å². The van der Waals surface area contributed by atoms with Gasteiger partial charge in [0.15, 0.2) is 0 Å². The summed E-state index contributed by atoms with van der Waals surface area (Å²) in [6.07, 6.45) is 5.09. The first-order valence-corrected chi connectivity index (χ1v) is 11.0. The zero-order valence-electron chi connectivity index (χ0n) is 18.5. The Morgan fingerprint density at radius 1 is 0.969 bits per heavy atom. The Morgan fingerprint density at radius 2 is 1.78 bits per heavy atom. The van der Waals surface area contributed by atoms with Crippen LogP contribution in [0.4, 0.5) is 0 Å². The molecule has 32 heavy (non-hydrogen) atoms. The summed E-state index contributed by atoms with van der Waals surface area (Å²) in [7, 11) is 1.62. The van der Waals surface area contributed by atoms with Crippen LogP contribution in [0.25, 0.3) is 27.6 Å². The summed E-state index contributed by atoms with van der Waals surface area (Å²) in [5.74, 6) is 0. The summed E-state index contributed by atoms with van der Waals surface area (Å²) >= 11 is 0. The third-order valence-corrected chi connectivity index (χ3v) is 6.06. The first kappa shape index (κ1) is 20.2. The average molecular weight is 423 g/mol. The number of benzene rings is 3. The fourth-order valence-electron chi connectivity index (χ4n) is 4.60. The highest BCUT2D eigenvalue weighted by atomic mass is 16.6. The van der Waals surface area contributed by atoms with E-state index in [2.05, 4.69) is 70.9 Å². The van der Waals surface area contributed by atoms with Crippen LogP contribution in [0.1, 0.15) is 37.3 Å². The van der Waals surface area contributed by atoms with Gasteiger partial charge in [-0.1, -0.05) is 82.7 Å². The van der Waals surface area contributed by atoms with Gasteiger partial charge < -0.3 is 4.84 Å². The zero-order valence-corrected chi connectivity index (χ0v) is 18.5. The molecule has 0 radical (unpaired) electrons. The molecule has 0 amide bonds. The minimum absolute atomic E-state index is 0.689. The minimum Gasteiger partial charge on any atom is -0.399 e. The first-order chi connectivity index (χ1) is 15.7. The molecule has 5 nitrogen and oxygen atoms in total. The third-order valence-electron chi connectivity index (χ3n) is 6.06. The number of allylic oxidation sites excluding steroid dienone is 2. The molecule has 0 atom stereocenters. The maximum atomic E-state index is 5.23. The van der Waals surface area contributed by atoms with E-state index in [1.165, 1.54) is 33.0 Å². The van der Waals surface area contributed by atoms with Gasteiger partial charge in [-0.2, -0.15) is 0 Å². The summed E-state index contributed by atoms with van der Waals surface area (Å²) in [5, 5.41) is 15.8. The Morgan fingerprint density at radius 3 is 2.62 bits per heavy atom. The average Bonchev–Trinajstić information content (AvgIpc) is 3.28. The molecule has 4 aromatic rings. The molecular weight excluding hydrogens is 396 g/mol. The van der Waals surface area contributed by atoms with Crippen LogP contribution in [0.3, 0.4) is 0 Å². The standard InChI is InChI=1S/C27H26N4O/c1-19-9-8-14-24(29-32-2)26(19)27-22-13-7-6-12-21(22)15-16-23(27)25-18-31(30-28-25)17-20-10-4-3-5-11-20/h3-7,10-13,15-16,18H,8-9,14,17H2,1-2H3. The largest absolute Gasteiger partial charge is 0.399 e. The Bertz CT molecular complexity index is 1320. The molecule has 1 aliphatic carbocycles. The lowest BCUT2D eigenvalue weighted by molar-refractivity contribution is 0.213. The van der Waals surface area contributed by atoms with E-state index in [9.17, 15) is 0 Å². The van der Waals surface area contributed by atoms with Gasteiger partial charge in [-0.25, -0.2) is 4.68 Å². The van der Waals surface area contributed by atoms with Crippen LogP contribution in [0, 0.1) is 0 Å². The Kier molecular flexibility index (Phi) is 5.55. The summed E-state index contributed by atoms with van der Waals surface area (Å²) in [5.41, 5.74) is 7.83. The van der Waals surface area contributed by atoms with Crippen LogP contribution in [0.5, 0.6) is 0 Å². The zero-order chi connectivity index (χ0) is 21.9. The number of fused-ring (bicyclic) bond motifs is 1. The SMILES string of the molecule is CON=C1CCCC(C)=C1c1c(-c2cn(Cc3ccccc3)nn2)ccc2ccccc12. The monoisotopic (exact) mass is 422 g/mol. The molecule has 0 saturated carbocycles. The molecule has 0 spiro atoms. The van der Waals surface area contributed by atoms with E-state index >= 15 is 0 Å². The van der Waals surface area contributed by atoms with Gasteiger partial charge in [0.2, 0.25) is 0 Å². The lowest BCUT2D eigenvalue weighted by atomic mass is 9.82. The number of nitrogens with zero attached hydrogens (tertiary/aromatic N) is 4. The Hall–Kier alpha value is -3.73. The van der Waals surface area contributed by atoms with Crippen LogP contribution < -0.4 is 0 Å². The highest BCUT2D eigenvalue weighted by Gasteiger charge is 2.24. The summed E-state index contributed by atoms with van der Waals surface area (Å²) < 4.78 is 1.90. The third kappa shape index (κ3) is 3.82. The van der Waals surface area contributed by atoms with Crippen molar-refractivity contribution in [3.05, 3.63) is 89.6 Å². The van der Waals surface area contributed by atoms with Crippen molar-refractivity contribution in [1.29, 1.82) is 0 Å². The molecule has 0 N–H and O–H groups in total. The fourth-order valence-corrected chi connectivity index (χ4v) is 4.60. The number of oxime groups is 1. The van der Waals surface area contributed by atoms with E-state index in [0.717, 1.165) is 36.2 Å².